The summed E-state index contributed by atoms with van der Waals surface area (Å²) in [6.07, 6.45) is 2.69. The second-order valence-corrected chi connectivity index (χ2v) is 9.19. The van der Waals surface area contributed by atoms with Crippen LogP contribution in [0.4, 0.5) is 4.79 Å². The molecule has 1 aromatic carbocycles. The predicted molar refractivity (Wildman–Crippen MR) is 117 cm³/mol. The Labute approximate surface area is 186 Å². The predicted octanol–water partition coefficient (Wildman–Crippen LogP) is 2.68. The van der Waals surface area contributed by atoms with Crippen molar-refractivity contribution in [3.63, 3.8) is 0 Å². The number of rotatable bonds is 4. The fourth-order valence-corrected chi connectivity index (χ4v) is 3.73. The second-order valence-electron chi connectivity index (χ2n) is 9.19. The molecule has 32 heavy (non-hydrogen) atoms. The van der Waals surface area contributed by atoms with Crippen LogP contribution in [0.2, 0.25) is 0 Å². The smallest absolute Gasteiger partial charge is 0.410 e. The van der Waals surface area contributed by atoms with Gasteiger partial charge in [-0.25, -0.2) is 9.59 Å². The van der Waals surface area contributed by atoms with Gasteiger partial charge >= 0.3 is 12.1 Å². The number of carbonyl (C=O) groups excluding carboxylic acids is 2. The van der Waals surface area contributed by atoms with Crippen molar-refractivity contribution in [3.05, 3.63) is 30.0 Å². The molecule has 2 fully saturated rings. The Balaban J connectivity index is 1.34. The number of oxime groups is 1. The van der Waals surface area contributed by atoms with E-state index >= 15 is 0 Å². The molecule has 2 saturated heterocycles. The molecule has 2 N–H and O–H groups in total. The topological polar surface area (TPSA) is 121 Å². The van der Waals surface area contributed by atoms with Crippen LogP contribution < -0.4 is 5.73 Å². The van der Waals surface area contributed by atoms with E-state index in [1.54, 1.807) is 23.2 Å². The lowest BCUT2D eigenvalue weighted by Gasteiger charge is -2.32. The van der Waals surface area contributed by atoms with E-state index in [1.165, 1.54) is 0 Å². The zero-order valence-corrected chi connectivity index (χ0v) is 18.6. The molecule has 10 heteroatoms. The number of aromatic nitrogens is 2. The summed E-state index contributed by atoms with van der Waals surface area (Å²) in [5.41, 5.74) is 6.76. The van der Waals surface area contributed by atoms with Crippen molar-refractivity contribution in [1.29, 1.82) is 0 Å². The van der Waals surface area contributed by atoms with E-state index < -0.39 is 11.6 Å². The van der Waals surface area contributed by atoms with Crippen molar-refractivity contribution in [1.82, 2.24) is 14.7 Å². The highest BCUT2D eigenvalue weighted by atomic mass is 16.7. The molecule has 4 rings (SSSR count). The van der Waals surface area contributed by atoms with Crippen molar-refractivity contribution >= 4 is 28.8 Å². The molecule has 1 amide bonds. The lowest BCUT2D eigenvalue weighted by atomic mass is 9.96. The third kappa shape index (κ3) is 4.85. The van der Waals surface area contributed by atoms with Crippen LogP contribution in [0, 0.1) is 5.92 Å². The molecule has 0 spiro atoms. The molecule has 0 aliphatic carbocycles. The van der Waals surface area contributed by atoms with Gasteiger partial charge in [0.05, 0.1) is 36.5 Å². The Morgan fingerprint density at radius 3 is 2.56 bits per heavy atom. The van der Waals surface area contributed by atoms with Gasteiger partial charge in [-0.15, -0.1) is 0 Å². The highest BCUT2D eigenvalue weighted by molar-refractivity contribution is 5.95. The van der Waals surface area contributed by atoms with Gasteiger partial charge in [0.15, 0.2) is 0 Å². The first-order chi connectivity index (χ1) is 15.2. The van der Waals surface area contributed by atoms with Crippen molar-refractivity contribution in [2.75, 3.05) is 26.3 Å². The maximum atomic E-state index is 12.5. The third-order valence-electron chi connectivity index (χ3n) is 5.60. The number of amidine groups is 1. The van der Waals surface area contributed by atoms with Crippen LogP contribution in [0.3, 0.4) is 0 Å². The lowest BCUT2D eigenvalue weighted by molar-refractivity contribution is -0.0266. The van der Waals surface area contributed by atoms with Gasteiger partial charge in [0, 0.05) is 24.4 Å². The van der Waals surface area contributed by atoms with E-state index in [2.05, 4.69) is 10.3 Å². The number of likely N-dealkylation sites (tertiary alicyclic amines) is 1. The van der Waals surface area contributed by atoms with E-state index in [-0.39, 0.29) is 23.9 Å². The summed E-state index contributed by atoms with van der Waals surface area (Å²) >= 11 is 0. The molecular weight excluding hydrogens is 414 g/mol. The summed E-state index contributed by atoms with van der Waals surface area (Å²) in [5, 5.41) is 9.20. The Bertz CT molecular complexity index is 1030. The number of ether oxygens (including phenoxy) is 2. The Morgan fingerprint density at radius 1 is 1.22 bits per heavy atom. The molecule has 0 radical (unpaired) electrons. The van der Waals surface area contributed by atoms with Gasteiger partial charge in [0.25, 0.3) is 0 Å². The highest BCUT2D eigenvalue weighted by Gasteiger charge is 2.29. The van der Waals surface area contributed by atoms with E-state index in [0.717, 1.165) is 10.9 Å². The number of carbonyl (C=O) groups is 2. The van der Waals surface area contributed by atoms with E-state index in [0.29, 0.717) is 44.7 Å². The van der Waals surface area contributed by atoms with Crippen LogP contribution in [0.5, 0.6) is 0 Å². The Kier molecular flexibility index (Phi) is 6.05. The number of piperidine rings is 1. The minimum atomic E-state index is -0.585. The van der Waals surface area contributed by atoms with Crippen LogP contribution in [-0.4, -0.2) is 64.5 Å². The maximum absolute atomic E-state index is 12.5. The minimum absolute atomic E-state index is 0.0657. The first-order valence-corrected chi connectivity index (χ1v) is 10.8. The summed E-state index contributed by atoms with van der Waals surface area (Å²) < 4.78 is 12.5. The van der Waals surface area contributed by atoms with Gasteiger partial charge < -0.3 is 24.9 Å². The fraction of sp³-hybridized carbons (Fsp3) is 0.545. The standard InChI is InChI=1S/C22H29N5O5/c1-22(2,3)31-21(29)26-8-6-14(7-9-26)19(23)25-32-20(28)15-4-5-16-11-24-27(18(16)10-15)17-12-30-13-17/h4-5,10-11,14,17H,6-9,12-13H2,1-3H3,(H2,23,25). The first-order valence-electron chi connectivity index (χ1n) is 10.8. The van der Waals surface area contributed by atoms with Crippen LogP contribution >= 0.6 is 0 Å². The van der Waals surface area contributed by atoms with Gasteiger partial charge in [0.2, 0.25) is 0 Å². The quantitative estimate of drug-likeness (QED) is 0.334. The van der Waals surface area contributed by atoms with Crippen LogP contribution in [-0.2, 0) is 14.3 Å². The van der Waals surface area contributed by atoms with Crippen LogP contribution in [0.25, 0.3) is 10.9 Å². The van der Waals surface area contributed by atoms with Crippen molar-refractivity contribution in [2.45, 2.75) is 45.3 Å². The van der Waals surface area contributed by atoms with Crippen molar-refractivity contribution < 1.29 is 23.9 Å². The molecule has 2 aromatic rings. The average molecular weight is 444 g/mol. The summed E-state index contributed by atoms with van der Waals surface area (Å²) in [5.74, 6) is -0.400. The Hall–Kier alpha value is -3.14. The molecule has 10 nitrogen and oxygen atoms in total. The number of hydrogen-bond acceptors (Lipinski definition) is 7. The monoisotopic (exact) mass is 443 g/mol. The van der Waals surface area contributed by atoms with Gasteiger partial charge in [-0.3, -0.25) is 4.68 Å². The molecular formula is C22H29N5O5. The molecule has 0 saturated carbocycles. The second kappa shape index (κ2) is 8.78. The largest absolute Gasteiger partial charge is 0.444 e. The number of nitrogens with zero attached hydrogens (tertiary/aromatic N) is 4. The van der Waals surface area contributed by atoms with Crippen LogP contribution in [0.1, 0.15) is 50.0 Å². The van der Waals surface area contributed by atoms with Gasteiger partial charge in [-0.05, 0) is 45.7 Å². The summed E-state index contributed by atoms with van der Waals surface area (Å²) in [4.78, 5) is 31.5. The number of benzene rings is 1. The number of fused-ring (bicyclic) bond motifs is 1. The normalized spacial score (nSPS) is 18.5. The summed E-state index contributed by atoms with van der Waals surface area (Å²) in [6.45, 7) is 7.75. The molecule has 0 bridgehead atoms. The third-order valence-corrected chi connectivity index (χ3v) is 5.60. The molecule has 1 aromatic heterocycles. The van der Waals surface area contributed by atoms with Gasteiger partial charge in [-0.2, -0.15) is 5.10 Å². The molecule has 0 atom stereocenters. The minimum Gasteiger partial charge on any atom is -0.444 e. The number of hydrogen-bond donors (Lipinski definition) is 1. The van der Waals surface area contributed by atoms with Crippen molar-refractivity contribution in [3.8, 4) is 0 Å². The zero-order valence-electron chi connectivity index (χ0n) is 18.6. The average Bonchev–Trinajstić information content (AvgIpc) is 3.12. The SMILES string of the molecule is CC(C)(C)OC(=O)N1CCC(/C(N)=N/OC(=O)c2ccc3cnn(C4COC4)c3c2)CC1. The number of nitrogens with two attached hydrogens (primary N) is 1. The van der Waals surface area contributed by atoms with Gasteiger partial charge in [0.1, 0.15) is 11.4 Å². The van der Waals surface area contributed by atoms with Crippen molar-refractivity contribution in [2.24, 2.45) is 16.8 Å². The molecule has 2 aliphatic heterocycles. The van der Waals surface area contributed by atoms with E-state index in [9.17, 15) is 9.59 Å². The fourth-order valence-electron chi connectivity index (χ4n) is 3.73. The van der Waals surface area contributed by atoms with Gasteiger partial charge in [-0.1, -0.05) is 11.2 Å². The molecule has 0 unspecified atom stereocenters. The first kappa shape index (κ1) is 22.1. The van der Waals surface area contributed by atoms with Crippen LogP contribution in [0.15, 0.2) is 29.6 Å². The number of amides is 1. The lowest BCUT2D eigenvalue weighted by Crippen LogP contribution is -2.44. The molecule has 3 heterocycles. The maximum Gasteiger partial charge on any atom is 0.410 e. The van der Waals surface area contributed by atoms with E-state index in [1.807, 2.05) is 31.5 Å². The Morgan fingerprint density at radius 2 is 1.94 bits per heavy atom. The molecule has 172 valence electrons. The summed E-state index contributed by atoms with van der Waals surface area (Å²) in [7, 11) is 0. The highest BCUT2D eigenvalue weighted by Crippen LogP contribution is 2.24. The molecule has 2 aliphatic rings. The van der Waals surface area contributed by atoms with E-state index in [4.69, 9.17) is 20.0 Å². The summed E-state index contributed by atoms with van der Waals surface area (Å²) in [6, 6.07) is 5.43. The zero-order chi connectivity index (χ0) is 22.9.